The van der Waals surface area contributed by atoms with Crippen LogP contribution in [0.2, 0.25) is 0 Å². The van der Waals surface area contributed by atoms with Gasteiger partial charge in [0, 0.05) is 5.41 Å². The molecule has 0 aromatic heterocycles. The van der Waals surface area contributed by atoms with Crippen molar-refractivity contribution < 1.29 is 14.7 Å². The first kappa shape index (κ1) is 17.7. The predicted octanol–water partition coefficient (Wildman–Crippen LogP) is 5.01. The van der Waals surface area contributed by atoms with Crippen molar-refractivity contribution >= 4 is 22.5 Å². The molecular formula is C22H26O3. The predicted molar refractivity (Wildman–Crippen MR) is 99.6 cm³/mol. The molecule has 1 unspecified atom stereocenters. The number of carboxylic acids is 1. The van der Waals surface area contributed by atoms with Gasteiger partial charge in [-0.2, -0.15) is 0 Å². The van der Waals surface area contributed by atoms with E-state index in [1.807, 2.05) is 18.2 Å². The minimum Gasteiger partial charge on any atom is -0.481 e. The molecule has 3 nitrogen and oxygen atoms in total. The molecule has 2 aromatic carbocycles. The zero-order valence-corrected chi connectivity index (χ0v) is 14.8. The maximum absolute atomic E-state index is 12.2. The molecule has 0 saturated heterocycles. The Hall–Kier alpha value is -2.16. The van der Waals surface area contributed by atoms with Gasteiger partial charge in [0.2, 0.25) is 0 Å². The first-order chi connectivity index (χ1) is 12.0. The maximum atomic E-state index is 12.2. The van der Waals surface area contributed by atoms with Crippen molar-refractivity contribution in [2.24, 2.45) is 11.3 Å². The molecule has 0 heterocycles. The molecule has 3 heteroatoms. The molecule has 0 radical (unpaired) electrons. The van der Waals surface area contributed by atoms with E-state index in [1.165, 1.54) is 16.3 Å². The Balaban J connectivity index is 1.76. The van der Waals surface area contributed by atoms with Crippen LogP contribution < -0.4 is 0 Å². The van der Waals surface area contributed by atoms with Gasteiger partial charge in [-0.15, -0.1) is 0 Å². The normalized spacial score (nSPS) is 17.5. The van der Waals surface area contributed by atoms with Crippen molar-refractivity contribution in [3.05, 3.63) is 48.0 Å². The number of carboxylic acid groups (broad SMARTS) is 1. The lowest BCUT2D eigenvalue weighted by molar-refractivity contribution is -0.144. The molecule has 0 amide bonds. The van der Waals surface area contributed by atoms with E-state index >= 15 is 0 Å². The first-order valence-corrected chi connectivity index (χ1v) is 9.22. The minimum absolute atomic E-state index is 0.168. The number of aryl methyl sites for hydroxylation is 1. The van der Waals surface area contributed by atoms with E-state index in [4.69, 9.17) is 0 Å². The van der Waals surface area contributed by atoms with Crippen LogP contribution in [0, 0.1) is 11.3 Å². The highest BCUT2D eigenvalue weighted by atomic mass is 16.4. The summed E-state index contributed by atoms with van der Waals surface area (Å²) in [6, 6.07) is 14.4. The molecule has 1 atom stereocenters. The van der Waals surface area contributed by atoms with Gasteiger partial charge in [-0.3, -0.25) is 9.59 Å². The van der Waals surface area contributed by atoms with Gasteiger partial charge in [0.15, 0.2) is 0 Å². The third-order valence-electron chi connectivity index (χ3n) is 5.94. The van der Waals surface area contributed by atoms with E-state index < -0.39 is 17.3 Å². The van der Waals surface area contributed by atoms with Gasteiger partial charge in [0.05, 0.1) is 5.92 Å². The topological polar surface area (TPSA) is 54.4 Å². The molecule has 0 bridgehead atoms. The summed E-state index contributed by atoms with van der Waals surface area (Å²) in [4.78, 5) is 24.0. The Bertz CT molecular complexity index is 766. The van der Waals surface area contributed by atoms with Gasteiger partial charge in [0.25, 0.3) is 0 Å². The molecule has 2 aromatic rings. The summed E-state index contributed by atoms with van der Waals surface area (Å²) in [5.74, 6) is -1.06. The van der Waals surface area contributed by atoms with Crippen LogP contribution in [0.4, 0.5) is 0 Å². The summed E-state index contributed by atoms with van der Waals surface area (Å²) in [7, 11) is 0. The third kappa shape index (κ3) is 3.76. The second-order valence-electron chi connectivity index (χ2n) is 7.46. The summed E-state index contributed by atoms with van der Waals surface area (Å²) in [6.07, 6.45) is 5.57. The highest BCUT2D eigenvalue weighted by Gasteiger charge is 2.41. The maximum Gasteiger partial charge on any atom is 0.306 e. The number of hydrogen-bond acceptors (Lipinski definition) is 2. The van der Waals surface area contributed by atoms with E-state index in [2.05, 4.69) is 24.3 Å². The second-order valence-corrected chi connectivity index (χ2v) is 7.46. The van der Waals surface area contributed by atoms with Crippen molar-refractivity contribution in [1.29, 1.82) is 0 Å². The molecule has 0 spiro atoms. The quantitative estimate of drug-likeness (QED) is 0.772. The van der Waals surface area contributed by atoms with Crippen molar-refractivity contribution in [3.8, 4) is 0 Å². The summed E-state index contributed by atoms with van der Waals surface area (Å²) in [5, 5.41) is 12.1. The van der Waals surface area contributed by atoms with E-state index in [0.29, 0.717) is 12.8 Å². The fourth-order valence-corrected chi connectivity index (χ4v) is 4.38. The van der Waals surface area contributed by atoms with Crippen LogP contribution in [0.3, 0.4) is 0 Å². The highest BCUT2D eigenvalue weighted by Crippen LogP contribution is 2.44. The van der Waals surface area contributed by atoms with Gasteiger partial charge >= 0.3 is 5.97 Å². The summed E-state index contributed by atoms with van der Waals surface area (Å²) in [5.41, 5.74) is 0.787. The largest absolute Gasteiger partial charge is 0.481 e. The molecule has 1 fully saturated rings. The lowest BCUT2D eigenvalue weighted by Gasteiger charge is -2.29. The molecule has 25 heavy (non-hydrogen) atoms. The molecule has 1 N–H and O–H groups in total. The number of carbonyl (C=O) groups is 2. The SMILES string of the molecule is CC(=O)C1(CC(CCc2cccc3ccccc23)C(=O)O)CCCC1. The Labute approximate surface area is 149 Å². The van der Waals surface area contributed by atoms with Gasteiger partial charge in [-0.05, 0) is 55.4 Å². The second kappa shape index (κ2) is 7.38. The lowest BCUT2D eigenvalue weighted by Crippen LogP contribution is -2.31. The summed E-state index contributed by atoms with van der Waals surface area (Å²) >= 11 is 0. The van der Waals surface area contributed by atoms with Crippen LogP contribution in [0.1, 0.15) is 51.0 Å². The van der Waals surface area contributed by atoms with E-state index in [1.54, 1.807) is 6.92 Å². The highest BCUT2D eigenvalue weighted by molar-refractivity contribution is 5.86. The van der Waals surface area contributed by atoms with Crippen LogP contribution >= 0.6 is 0 Å². The Morgan fingerprint density at radius 1 is 1.08 bits per heavy atom. The number of Topliss-reactive ketones (excluding diaryl/α,β-unsaturated/α-hetero) is 1. The van der Waals surface area contributed by atoms with Crippen molar-refractivity contribution in [2.75, 3.05) is 0 Å². The first-order valence-electron chi connectivity index (χ1n) is 9.22. The van der Waals surface area contributed by atoms with Gasteiger partial charge in [-0.1, -0.05) is 55.3 Å². The van der Waals surface area contributed by atoms with E-state index in [-0.39, 0.29) is 5.78 Å². The fourth-order valence-electron chi connectivity index (χ4n) is 4.38. The molecule has 132 valence electrons. The summed E-state index contributed by atoms with van der Waals surface area (Å²) < 4.78 is 0. The number of aliphatic carboxylic acids is 1. The van der Waals surface area contributed by atoms with Gasteiger partial charge in [-0.25, -0.2) is 0 Å². The van der Waals surface area contributed by atoms with Gasteiger partial charge < -0.3 is 5.11 Å². The average molecular weight is 338 g/mol. The standard InChI is InChI=1S/C22H26O3/c1-16(23)22(13-4-5-14-22)15-19(21(24)25)12-11-18-9-6-8-17-7-2-3-10-20(17)18/h2-3,6-10,19H,4-5,11-15H2,1H3,(H,24,25). The third-order valence-corrected chi connectivity index (χ3v) is 5.94. The molecule has 1 aliphatic carbocycles. The van der Waals surface area contributed by atoms with Crippen LogP contribution in [-0.2, 0) is 16.0 Å². The van der Waals surface area contributed by atoms with Crippen molar-refractivity contribution in [3.63, 3.8) is 0 Å². The molecule has 1 saturated carbocycles. The fraction of sp³-hybridized carbons (Fsp3) is 0.455. The minimum atomic E-state index is -0.771. The van der Waals surface area contributed by atoms with Gasteiger partial charge in [0.1, 0.15) is 5.78 Å². The number of ketones is 1. The molecule has 0 aliphatic heterocycles. The molecule has 1 aliphatic rings. The summed E-state index contributed by atoms with van der Waals surface area (Å²) in [6.45, 7) is 1.63. The zero-order chi connectivity index (χ0) is 17.9. The lowest BCUT2D eigenvalue weighted by atomic mass is 9.73. The molecular weight excluding hydrogens is 312 g/mol. The van der Waals surface area contributed by atoms with Crippen molar-refractivity contribution in [1.82, 2.24) is 0 Å². The number of rotatable bonds is 7. The Morgan fingerprint density at radius 2 is 1.76 bits per heavy atom. The molecule has 3 rings (SSSR count). The van der Waals surface area contributed by atoms with E-state index in [0.717, 1.165) is 32.1 Å². The Kier molecular flexibility index (Phi) is 5.22. The Morgan fingerprint density at radius 3 is 2.44 bits per heavy atom. The number of fused-ring (bicyclic) bond motifs is 1. The smallest absolute Gasteiger partial charge is 0.306 e. The monoisotopic (exact) mass is 338 g/mol. The van der Waals surface area contributed by atoms with E-state index in [9.17, 15) is 14.7 Å². The average Bonchev–Trinajstić information content (AvgIpc) is 3.08. The van der Waals surface area contributed by atoms with Crippen molar-refractivity contribution in [2.45, 2.75) is 51.9 Å². The number of benzene rings is 2. The van der Waals surface area contributed by atoms with Crippen LogP contribution in [0.5, 0.6) is 0 Å². The zero-order valence-electron chi connectivity index (χ0n) is 14.8. The number of hydrogen-bond donors (Lipinski definition) is 1. The van der Waals surface area contributed by atoms with Crippen LogP contribution in [0.15, 0.2) is 42.5 Å². The van der Waals surface area contributed by atoms with Crippen LogP contribution in [0.25, 0.3) is 10.8 Å². The number of carbonyl (C=O) groups excluding carboxylic acids is 1. The van der Waals surface area contributed by atoms with Crippen LogP contribution in [-0.4, -0.2) is 16.9 Å².